The third kappa shape index (κ3) is 3.87. The Morgan fingerprint density at radius 1 is 1.21 bits per heavy atom. The topological polar surface area (TPSA) is 61.7 Å². The molecule has 0 aliphatic carbocycles. The molecule has 1 fully saturated rings. The summed E-state index contributed by atoms with van der Waals surface area (Å²) in [7, 11) is 0. The van der Waals surface area contributed by atoms with Gasteiger partial charge in [-0.05, 0) is 23.8 Å². The maximum absolute atomic E-state index is 13.5. The highest BCUT2D eigenvalue weighted by Crippen LogP contribution is 2.34. The number of phenolic OH excluding ortho intramolecular Hbond substituents is 1. The van der Waals surface area contributed by atoms with Gasteiger partial charge in [-0.2, -0.15) is 0 Å². The molecule has 0 saturated carbocycles. The summed E-state index contributed by atoms with van der Waals surface area (Å²) in [5.41, 5.74) is -0.331. The van der Waals surface area contributed by atoms with Crippen LogP contribution in [0, 0.1) is 5.82 Å². The normalized spacial score (nSPS) is 20.0. The number of phenols is 1. The van der Waals surface area contributed by atoms with Gasteiger partial charge >= 0.3 is 0 Å². The molecule has 2 aromatic rings. The summed E-state index contributed by atoms with van der Waals surface area (Å²) in [5, 5.41) is 24.6. The lowest BCUT2D eigenvalue weighted by molar-refractivity contribution is -0.124. The van der Waals surface area contributed by atoms with Crippen molar-refractivity contribution in [3.63, 3.8) is 0 Å². The van der Waals surface area contributed by atoms with Crippen LogP contribution in [0.25, 0.3) is 0 Å². The van der Waals surface area contributed by atoms with Crippen LogP contribution in [0.4, 0.5) is 4.39 Å². The molecule has 1 aliphatic heterocycles. The van der Waals surface area contributed by atoms with Crippen LogP contribution >= 0.6 is 12.4 Å². The Hall–Kier alpha value is -1.66. The fraction of sp³-hybridized carbons (Fsp3) is 0.333. The van der Waals surface area contributed by atoms with Crippen molar-refractivity contribution >= 4 is 12.4 Å². The van der Waals surface area contributed by atoms with Gasteiger partial charge in [-0.15, -0.1) is 12.4 Å². The van der Waals surface area contributed by atoms with Crippen LogP contribution in [-0.2, 0) is 16.8 Å². The summed E-state index contributed by atoms with van der Waals surface area (Å²) >= 11 is 0. The van der Waals surface area contributed by atoms with Gasteiger partial charge in [0.1, 0.15) is 23.3 Å². The van der Waals surface area contributed by atoms with E-state index in [1.165, 1.54) is 18.2 Å². The monoisotopic (exact) mass is 353 g/mol. The number of rotatable bonds is 4. The Morgan fingerprint density at radius 2 is 1.96 bits per heavy atom. The van der Waals surface area contributed by atoms with Gasteiger partial charge < -0.3 is 20.3 Å². The van der Waals surface area contributed by atoms with E-state index in [0.29, 0.717) is 24.3 Å². The van der Waals surface area contributed by atoms with Crippen LogP contribution < -0.4 is 5.32 Å². The Balaban J connectivity index is 0.00000208. The number of morpholine rings is 1. The van der Waals surface area contributed by atoms with Crippen molar-refractivity contribution in [3.05, 3.63) is 65.5 Å². The number of nitrogens with one attached hydrogen (secondary N) is 1. The van der Waals surface area contributed by atoms with Gasteiger partial charge in [0, 0.05) is 25.1 Å². The molecule has 6 heteroatoms. The summed E-state index contributed by atoms with van der Waals surface area (Å²) in [6.07, 6.45) is -0.422. The summed E-state index contributed by atoms with van der Waals surface area (Å²) < 4.78 is 19.3. The lowest BCUT2D eigenvalue weighted by atomic mass is 9.81. The van der Waals surface area contributed by atoms with E-state index in [-0.39, 0.29) is 24.6 Å². The molecular weight excluding hydrogens is 333 g/mol. The SMILES string of the molecule is Cl.Oc1ccc(F)cc1CC(O)(c1ccccc1)C1CNCCO1. The van der Waals surface area contributed by atoms with E-state index in [1.54, 1.807) is 0 Å². The zero-order valence-corrected chi connectivity index (χ0v) is 13.9. The van der Waals surface area contributed by atoms with Crippen LogP contribution in [-0.4, -0.2) is 36.0 Å². The highest BCUT2D eigenvalue weighted by atomic mass is 35.5. The molecule has 3 N–H and O–H groups in total. The number of hydrogen-bond acceptors (Lipinski definition) is 4. The molecular formula is C18H21ClFNO3. The first-order chi connectivity index (χ1) is 11.1. The molecule has 4 nitrogen and oxygen atoms in total. The van der Waals surface area contributed by atoms with E-state index >= 15 is 0 Å². The highest BCUT2D eigenvalue weighted by Gasteiger charge is 2.41. The molecule has 1 heterocycles. The van der Waals surface area contributed by atoms with Gasteiger partial charge in [-0.25, -0.2) is 4.39 Å². The fourth-order valence-electron chi connectivity index (χ4n) is 2.99. The molecule has 2 atom stereocenters. The van der Waals surface area contributed by atoms with E-state index in [1.807, 2.05) is 30.3 Å². The molecule has 0 aromatic heterocycles. The Kier molecular flexibility index (Phi) is 6.18. The zero-order valence-electron chi connectivity index (χ0n) is 13.1. The summed E-state index contributed by atoms with van der Waals surface area (Å²) in [4.78, 5) is 0. The lowest BCUT2D eigenvalue weighted by Crippen LogP contribution is -2.52. The first-order valence-corrected chi connectivity index (χ1v) is 7.67. The summed E-state index contributed by atoms with van der Waals surface area (Å²) in [6, 6.07) is 12.9. The number of benzene rings is 2. The van der Waals surface area contributed by atoms with Crippen molar-refractivity contribution in [3.8, 4) is 5.75 Å². The quantitative estimate of drug-likeness (QED) is 0.789. The predicted molar refractivity (Wildman–Crippen MR) is 92.0 cm³/mol. The summed E-state index contributed by atoms with van der Waals surface area (Å²) in [5.74, 6) is -0.486. The van der Waals surface area contributed by atoms with Crippen molar-refractivity contribution < 1.29 is 19.3 Å². The lowest BCUT2D eigenvalue weighted by Gasteiger charge is -2.39. The average molecular weight is 354 g/mol. The van der Waals surface area contributed by atoms with Crippen molar-refractivity contribution in [2.75, 3.05) is 19.7 Å². The second-order valence-electron chi connectivity index (χ2n) is 5.80. The smallest absolute Gasteiger partial charge is 0.123 e. The minimum Gasteiger partial charge on any atom is -0.508 e. The minimum atomic E-state index is -1.36. The van der Waals surface area contributed by atoms with Gasteiger partial charge in [0.05, 0.1) is 6.61 Å². The molecule has 1 aliphatic rings. The number of aliphatic hydroxyl groups is 1. The molecule has 130 valence electrons. The predicted octanol–water partition coefficient (Wildman–Crippen LogP) is 2.37. The van der Waals surface area contributed by atoms with E-state index in [2.05, 4.69) is 5.32 Å². The molecule has 0 radical (unpaired) electrons. The average Bonchev–Trinajstić information content (AvgIpc) is 2.59. The fourth-order valence-corrected chi connectivity index (χ4v) is 2.99. The Labute approximate surface area is 146 Å². The maximum atomic E-state index is 13.5. The van der Waals surface area contributed by atoms with E-state index in [9.17, 15) is 14.6 Å². The van der Waals surface area contributed by atoms with Crippen molar-refractivity contribution in [2.24, 2.45) is 0 Å². The Bertz CT molecular complexity index is 665. The molecule has 2 aromatic carbocycles. The van der Waals surface area contributed by atoms with Gasteiger partial charge in [0.15, 0.2) is 0 Å². The van der Waals surface area contributed by atoms with Gasteiger partial charge in [0.2, 0.25) is 0 Å². The van der Waals surface area contributed by atoms with Gasteiger partial charge in [0.25, 0.3) is 0 Å². The number of hydrogen-bond donors (Lipinski definition) is 3. The molecule has 2 unspecified atom stereocenters. The van der Waals surface area contributed by atoms with Gasteiger partial charge in [-0.3, -0.25) is 0 Å². The van der Waals surface area contributed by atoms with Crippen LogP contribution in [0.5, 0.6) is 5.75 Å². The van der Waals surface area contributed by atoms with Crippen LogP contribution in [0.15, 0.2) is 48.5 Å². The second kappa shape index (κ2) is 7.94. The van der Waals surface area contributed by atoms with E-state index < -0.39 is 17.5 Å². The number of halogens is 2. The van der Waals surface area contributed by atoms with Crippen molar-refractivity contribution in [1.29, 1.82) is 0 Å². The van der Waals surface area contributed by atoms with Crippen molar-refractivity contribution in [1.82, 2.24) is 5.32 Å². The van der Waals surface area contributed by atoms with E-state index in [4.69, 9.17) is 4.74 Å². The summed E-state index contributed by atoms with van der Waals surface area (Å²) in [6.45, 7) is 1.71. The first kappa shape index (κ1) is 18.7. The Morgan fingerprint density at radius 3 is 2.62 bits per heavy atom. The standard InChI is InChI=1S/C18H20FNO3.ClH/c19-15-6-7-16(21)13(10-15)11-18(22,14-4-2-1-3-5-14)17-12-20-8-9-23-17;/h1-7,10,17,20-22H,8-9,11-12H2;1H. The number of aromatic hydroxyl groups is 1. The molecule has 1 saturated heterocycles. The zero-order chi connectivity index (χ0) is 16.3. The van der Waals surface area contributed by atoms with Crippen molar-refractivity contribution in [2.45, 2.75) is 18.1 Å². The second-order valence-corrected chi connectivity index (χ2v) is 5.80. The van der Waals surface area contributed by atoms with Crippen LogP contribution in [0.1, 0.15) is 11.1 Å². The number of ether oxygens (including phenoxy) is 1. The largest absolute Gasteiger partial charge is 0.508 e. The highest BCUT2D eigenvalue weighted by molar-refractivity contribution is 5.85. The minimum absolute atomic E-state index is 0. The molecule has 24 heavy (non-hydrogen) atoms. The van der Waals surface area contributed by atoms with Gasteiger partial charge in [-0.1, -0.05) is 30.3 Å². The molecule has 3 rings (SSSR count). The molecule has 0 spiro atoms. The first-order valence-electron chi connectivity index (χ1n) is 7.67. The van der Waals surface area contributed by atoms with Crippen LogP contribution in [0.2, 0.25) is 0 Å². The maximum Gasteiger partial charge on any atom is 0.123 e. The molecule has 0 amide bonds. The van der Waals surface area contributed by atoms with Crippen LogP contribution in [0.3, 0.4) is 0 Å². The third-order valence-electron chi connectivity index (χ3n) is 4.24. The third-order valence-corrected chi connectivity index (χ3v) is 4.24. The molecule has 0 bridgehead atoms. The van der Waals surface area contributed by atoms with E-state index in [0.717, 1.165) is 6.54 Å².